The van der Waals surface area contributed by atoms with Crippen molar-refractivity contribution in [3.05, 3.63) is 59.7 Å². The third-order valence-corrected chi connectivity index (χ3v) is 4.23. The van der Waals surface area contributed by atoms with Crippen LogP contribution in [0.25, 0.3) is 0 Å². The smallest absolute Gasteiger partial charge is 0.306 e. The van der Waals surface area contributed by atoms with Crippen LogP contribution in [0.15, 0.2) is 48.5 Å². The predicted octanol–water partition coefficient (Wildman–Crippen LogP) is 4.47. The SMILES string of the molecule is COc1cc([C@@H](CO)CCC(=O)OC(C)(C)C)ccc1OCc1ccccc1. The van der Waals surface area contributed by atoms with Crippen LogP contribution in [0.2, 0.25) is 0 Å². The van der Waals surface area contributed by atoms with Gasteiger partial charge in [-0.25, -0.2) is 0 Å². The first kappa shape index (κ1) is 21.8. The molecule has 0 saturated carbocycles. The summed E-state index contributed by atoms with van der Waals surface area (Å²) in [7, 11) is 1.59. The fourth-order valence-electron chi connectivity index (χ4n) is 2.84. The summed E-state index contributed by atoms with van der Waals surface area (Å²) in [4.78, 5) is 12.0. The Balaban J connectivity index is 2.02. The van der Waals surface area contributed by atoms with Crippen molar-refractivity contribution >= 4 is 5.97 Å². The lowest BCUT2D eigenvalue weighted by Gasteiger charge is -2.21. The molecule has 28 heavy (non-hydrogen) atoms. The van der Waals surface area contributed by atoms with E-state index in [4.69, 9.17) is 14.2 Å². The molecule has 0 aliphatic carbocycles. The van der Waals surface area contributed by atoms with Crippen molar-refractivity contribution < 1.29 is 24.1 Å². The number of benzene rings is 2. The van der Waals surface area contributed by atoms with E-state index in [1.54, 1.807) is 7.11 Å². The van der Waals surface area contributed by atoms with E-state index in [9.17, 15) is 9.90 Å². The quantitative estimate of drug-likeness (QED) is 0.644. The third-order valence-electron chi connectivity index (χ3n) is 4.23. The lowest BCUT2D eigenvalue weighted by atomic mass is 9.94. The molecule has 2 rings (SSSR count). The average Bonchev–Trinajstić information content (AvgIpc) is 2.66. The number of esters is 1. The lowest BCUT2D eigenvalue weighted by molar-refractivity contribution is -0.155. The zero-order valence-corrected chi connectivity index (χ0v) is 17.1. The normalized spacial score (nSPS) is 12.3. The van der Waals surface area contributed by atoms with Gasteiger partial charge in [-0.2, -0.15) is 0 Å². The summed E-state index contributed by atoms with van der Waals surface area (Å²) in [5.41, 5.74) is 1.46. The molecule has 0 fully saturated rings. The summed E-state index contributed by atoms with van der Waals surface area (Å²) in [6.45, 7) is 5.91. The maximum Gasteiger partial charge on any atom is 0.306 e. The molecule has 152 valence electrons. The monoisotopic (exact) mass is 386 g/mol. The molecule has 1 N–H and O–H groups in total. The number of ether oxygens (including phenoxy) is 3. The Morgan fingerprint density at radius 1 is 1.07 bits per heavy atom. The van der Waals surface area contributed by atoms with Crippen LogP contribution in [0.3, 0.4) is 0 Å². The van der Waals surface area contributed by atoms with E-state index in [1.807, 2.05) is 69.3 Å². The Kier molecular flexibility index (Phi) is 7.88. The summed E-state index contributed by atoms with van der Waals surface area (Å²) >= 11 is 0. The van der Waals surface area contributed by atoms with Gasteiger partial charge in [0.1, 0.15) is 12.2 Å². The van der Waals surface area contributed by atoms with Gasteiger partial charge in [-0.05, 0) is 50.5 Å². The van der Waals surface area contributed by atoms with Gasteiger partial charge in [0.05, 0.1) is 7.11 Å². The Labute approximate surface area is 167 Å². The van der Waals surface area contributed by atoms with Crippen molar-refractivity contribution in [1.29, 1.82) is 0 Å². The van der Waals surface area contributed by atoms with Crippen LogP contribution < -0.4 is 9.47 Å². The maximum atomic E-state index is 12.0. The predicted molar refractivity (Wildman–Crippen MR) is 109 cm³/mol. The molecule has 5 heteroatoms. The van der Waals surface area contributed by atoms with E-state index in [1.165, 1.54) is 0 Å². The maximum absolute atomic E-state index is 12.0. The first-order valence-electron chi connectivity index (χ1n) is 9.49. The van der Waals surface area contributed by atoms with Gasteiger partial charge in [0, 0.05) is 18.9 Å². The highest BCUT2D eigenvalue weighted by molar-refractivity contribution is 5.69. The van der Waals surface area contributed by atoms with Gasteiger partial charge in [-0.3, -0.25) is 4.79 Å². The Morgan fingerprint density at radius 2 is 1.79 bits per heavy atom. The summed E-state index contributed by atoms with van der Waals surface area (Å²) in [5.74, 6) is 0.799. The molecule has 0 heterocycles. The molecule has 2 aromatic carbocycles. The zero-order valence-electron chi connectivity index (χ0n) is 17.1. The molecule has 0 aliphatic rings. The third kappa shape index (κ3) is 6.89. The van der Waals surface area contributed by atoms with Gasteiger partial charge in [-0.1, -0.05) is 36.4 Å². The fourth-order valence-corrected chi connectivity index (χ4v) is 2.84. The molecule has 0 unspecified atom stereocenters. The van der Waals surface area contributed by atoms with Crippen LogP contribution in [0.4, 0.5) is 0 Å². The number of hydrogen-bond donors (Lipinski definition) is 1. The minimum absolute atomic E-state index is 0.0594. The number of aliphatic hydroxyl groups excluding tert-OH is 1. The van der Waals surface area contributed by atoms with E-state index in [-0.39, 0.29) is 24.9 Å². The Bertz CT molecular complexity index is 749. The number of carbonyl (C=O) groups is 1. The first-order valence-corrected chi connectivity index (χ1v) is 9.49. The van der Waals surface area contributed by atoms with Crippen LogP contribution in [0.1, 0.15) is 50.7 Å². The molecule has 0 amide bonds. The van der Waals surface area contributed by atoms with Gasteiger partial charge in [0.2, 0.25) is 0 Å². The minimum Gasteiger partial charge on any atom is -0.493 e. The molecule has 0 bridgehead atoms. The number of hydrogen-bond acceptors (Lipinski definition) is 5. The Hall–Kier alpha value is -2.53. The van der Waals surface area contributed by atoms with E-state index < -0.39 is 5.60 Å². The van der Waals surface area contributed by atoms with E-state index in [0.29, 0.717) is 24.5 Å². The van der Waals surface area contributed by atoms with Crippen molar-refractivity contribution in [1.82, 2.24) is 0 Å². The van der Waals surface area contributed by atoms with E-state index in [0.717, 1.165) is 11.1 Å². The van der Waals surface area contributed by atoms with Crippen molar-refractivity contribution in [2.45, 2.75) is 51.7 Å². The van der Waals surface area contributed by atoms with Crippen molar-refractivity contribution in [2.24, 2.45) is 0 Å². The molecule has 0 aromatic heterocycles. The average molecular weight is 386 g/mol. The molecule has 5 nitrogen and oxygen atoms in total. The highest BCUT2D eigenvalue weighted by atomic mass is 16.6. The second kappa shape index (κ2) is 10.1. The van der Waals surface area contributed by atoms with E-state index in [2.05, 4.69) is 0 Å². The summed E-state index contributed by atoms with van der Waals surface area (Å²) in [6, 6.07) is 15.5. The first-order chi connectivity index (χ1) is 13.3. The standard InChI is InChI=1S/C23H30O5/c1-23(2,3)28-22(25)13-11-19(15-24)18-10-12-20(21(14-18)26-4)27-16-17-8-6-5-7-9-17/h5-10,12,14,19,24H,11,13,15-16H2,1-4H3/t19-/m1/s1. The van der Waals surface area contributed by atoms with Gasteiger partial charge in [-0.15, -0.1) is 0 Å². The second-order valence-corrected chi connectivity index (χ2v) is 7.69. The van der Waals surface area contributed by atoms with Crippen LogP contribution in [0.5, 0.6) is 11.5 Å². The molecule has 1 atom stereocenters. The van der Waals surface area contributed by atoms with Gasteiger partial charge in [0.25, 0.3) is 0 Å². The van der Waals surface area contributed by atoms with Crippen molar-refractivity contribution in [2.75, 3.05) is 13.7 Å². The molecule has 0 aliphatic heterocycles. The van der Waals surface area contributed by atoms with Gasteiger partial charge < -0.3 is 19.3 Å². The summed E-state index contributed by atoms with van der Waals surface area (Å²) in [6.07, 6.45) is 0.746. The molecule has 0 spiro atoms. The lowest BCUT2D eigenvalue weighted by Crippen LogP contribution is -2.24. The minimum atomic E-state index is -0.507. The number of methoxy groups -OCH3 is 1. The number of carbonyl (C=O) groups excluding carboxylic acids is 1. The molecule has 2 aromatic rings. The second-order valence-electron chi connectivity index (χ2n) is 7.69. The van der Waals surface area contributed by atoms with Crippen molar-refractivity contribution in [3.63, 3.8) is 0 Å². The highest BCUT2D eigenvalue weighted by Crippen LogP contribution is 2.33. The van der Waals surface area contributed by atoms with Crippen LogP contribution >= 0.6 is 0 Å². The molecule has 0 saturated heterocycles. The van der Waals surface area contributed by atoms with E-state index >= 15 is 0 Å². The van der Waals surface area contributed by atoms with Gasteiger partial charge >= 0.3 is 5.97 Å². The zero-order chi connectivity index (χ0) is 20.6. The van der Waals surface area contributed by atoms with Gasteiger partial charge in [0.15, 0.2) is 11.5 Å². The fraction of sp³-hybridized carbons (Fsp3) is 0.435. The topological polar surface area (TPSA) is 65.0 Å². The largest absolute Gasteiger partial charge is 0.493 e. The number of aliphatic hydroxyl groups is 1. The van der Waals surface area contributed by atoms with Crippen LogP contribution in [-0.2, 0) is 16.1 Å². The molecule has 0 radical (unpaired) electrons. The number of rotatable bonds is 9. The molecular weight excluding hydrogens is 356 g/mol. The molecular formula is C23H30O5. The Morgan fingerprint density at radius 3 is 2.39 bits per heavy atom. The van der Waals surface area contributed by atoms with Crippen LogP contribution in [0, 0.1) is 0 Å². The summed E-state index contributed by atoms with van der Waals surface area (Å²) < 4.78 is 16.7. The highest BCUT2D eigenvalue weighted by Gasteiger charge is 2.19. The van der Waals surface area contributed by atoms with Crippen LogP contribution in [-0.4, -0.2) is 30.4 Å². The summed E-state index contributed by atoms with van der Waals surface area (Å²) in [5, 5.41) is 9.79. The van der Waals surface area contributed by atoms with Crippen molar-refractivity contribution in [3.8, 4) is 11.5 Å².